The van der Waals surface area contributed by atoms with Crippen molar-refractivity contribution in [3.8, 4) is 11.7 Å². The van der Waals surface area contributed by atoms with Gasteiger partial charge in [0.05, 0.1) is 0 Å². The molecule has 5 rings (SSSR count). The second-order valence-corrected chi connectivity index (χ2v) is 7.20. The Bertz CT molecular complexity index is 753. The second kappa shape index (κ2) is 6.56. The van der Waals surface area contributed by atoms with Gasteiger partial charge in [-0.2, -0.15) is 0 Å². The van der Waals surface area contributed by atoms with Crippen LogP contribution in [0.2, 0.25) is 0 Å². The molecule has 2 bridgehead atoms. The molecule has 4 heterocycles. The van der Waals surface area contributed by atoms with Crippen LogP contribution in [-0.2, 0) is 0 Å². The normalized spacial score (nSPS) is 27.9. The fourth-order valence-corrected chi connectivity index (χ4v) is 3.97. The van der Waals surface area contributed by atoms with Crippen molar-refractivity contribution >= 4 is 5.91 Å². The molecule has 1 amide bonds. The molecule has 3 aliphatic heterocycles. The number of piperidine rings is 3. The highest BCUT2D eigenvalue weighted by molar-refractivity contribution is 5.94. The van der Waals surface area contributed by atoms with Crippen molar-refractivity contribution in [1.82, 2.24) is 10.2 Å². The molecule has 4 unspecified atom stereocenters. The minimum absolute atomic E-state index is 0.00760. The van der Waals surface area contributed by atoms with Gasteiger partial charge in [0.2, 0.25) is 0 Å². The molecule has 5 heteroatoms. The third-order valence-corrected chi connectivity index (χ3v) is 5.42. The molecular weight excluding hydrogens is 316 g/mol. The molecule has 0 spiro atoms. The topological polar surface area (TPSA) is 54.7 Å². The molecule has 3 aliphatic rings. The maximum absolute atomic E-state index is 12.6. The maximum atomic E-state index is 12.6. The number of rotatable bonds is 4. The number of benzene rings is 1. The van der Waals surface area contributed by atoms with Crippen LogP contribution in [0.4, 0.5) is 0 Å². The summed E-state index contributed by atoms with van der Waals surface area (Å²) >= 11 is 0. The van der Waals surface area contributed by atoms with Crippen molar-refractivity contribution in [1.29, 1.82) is 0 Å². The van der Waals surface area contributed by atoms with Gasteiger partial charge in [0, 0.05) is 30.3 Å². The highest BCUT2D eigenvalue weighted by Gasteiger charge is 2.38. The van der Waals surface area contributed by atoms with E-state index in [1.165, 1.54) is 12.8 Å². The van der Waals surface area contributed by atoms with Crippen LogP contribution in [0.25, 0.3) is 0 Å². The van der Waals surface area contributed by atoms with Crippen LogP contribution in [0.1, 0.15) is 35.9 Å². The summed E-state index contributed by atoms with van der Waals surface area (Å²) in [5, 5.41) is 3.22. The van der Waals surface area contributed by atoms with Crippen molar-refractivity contribution in [2.75, 3.05) is 13.1 Å². The molecule has 4 atom stereocenters. The number of carbonyl (C=O) groups is 1. The highest BCUT2D eigenvalue weighted by Crippen LogP contribution is 2.32. The van der Waals surface area contributed by atoms with Crippen LogP contribution in [0.5, 0.6) is 11.7 Å². The summed E-state index contributed by atoms with van der Waals surface area (Å²) in [6.45, 7) is 6.28. The summed E-state index contributed by atoms with van der Waals surface area (Å²) in [5.74, 6) is 2.51. The van der Waals surface area contributed by atoms with Gasteiger partial charge in [0.15, 0.2) is 0 Å². The SMILES string of the molecule is Cc1ccc(Oc2ccc(C(=O)NC3CN4CCC3CC4C)cc2)o1. The number of fused-ring (bicyclic) bond motifs is 3. The molecular formula is C20H24N2O3. The molecule has 2 aromatic rings. The Morgan fingerprint density at radius 3 is 2.64 bits per heavy atom. The first-order valence-corrected chi connectivity index (χ1v) is 8.98. The average molecular weight is 340 g/mol. The van der Waals surface area contributed by atoms with E-state index in [2.05, 4.69) is 17.1 Å². The Hall–Kier alpha value is -2.27. The van der Waals surface area contributed by atoms with Gasteiger partial charge in [-0.25, -0.2) is 0 Å². The molecule has 3 saturated heterocycles. The predicted octanol–water partition coefficient (Wildman–Crippen LogP) is 3.59. The average Bonchev–Trinajstić information content (AvgIpc) is 3.01. The zero-order chi connectivity index (χ0) is 17.4. The van der Waals surface area contributed by atoms with Gasteiger partial charge in [-0.15, -0.1) is 0 Å². The minimum Gasteiger partial charge on any atom is -0.431 e. The summed E-state index contributed by atoms with van der Waals surface area (Å²) in [4.78, 5) is 15.0. The quantitative estimate of drug-likeness (QED) is 0.924. The zero-order valence-corrected chi connectivity index (χ0v) is 14.7. The smallest absolute Gasteiger partial charge is 0.290 e. The van der Waals surface area contributed by atoms with Crippen molar-refractivity contribution in [3.05, 3.63) is 47.7 Å². The summed E-state index contributed by atoms with van der Waals surface area (Å²) in [5.41, 5.74) is 0.660. The monoisotopic (exact) mass is 340 g/mol. The number of amides is 1. The summed E-state index contributed by atoms with van der Waals surface area (Å²) in [7, 11) is 0. The van der Waals surface area contributed by atoms with Crippen LogP contribution in [0.3, 0.4) is 0 Å². The molecule has 0 saturated carbocycles. The molecule has 132 valence electrons. The summed E-state index contributed by atoms with van der Waals surface area (Å²) < 4.78 is 11.0. The molecule has 1 aromatic heterocycles. The predicted molar refractivity (Wildman–Crippen MR) is 95.0 cm³/mol. The first kappa shape index (κ1) is 16.2. The van der Waals surface area contributed by atoms with Gasteiger partial charge >= 0.3 is 0 Å². The largest absolute Gasteiger partial charge is 0.431 e. The Kier molecular flexibility index (Phi) is 4.25. The van der Waals surface area contributed by atoms with E-state index in [0.717, 1.165) is 18.8 Å². The molecule has 0 aliphatic carbocycles. The fourth-order valence-electron chi connectivity index (χ4n) is 3.97. The van der Waals surface area contributed by atoms with Crippen molar-refractivity contribution in [3.63, 3.8) is 0 Å². The molecule has 0 radical (unpaired) electrons. The number of hydrogen-bond acceptors (Lipinski definition) is 4. The van der Waals surface area contributed by atoms with Gasteiger partial charge in [-0.05, 0) is 69.5 Å². The second-order valence-electron chi connectivity index (χ2n) is 7.20. The molecule has 5 nitrogen and oxygen atoms in total. The Labute approximate surface area is 148 Å². The minimum atomic E-state index is -0.00760. The van der Waals surface area contributed by atoms with E-state index in [-0.39, 0.29) is 11.9 Å². The lowest BCUT2D eigenvalue weighted by Gasteiger charge is -2.48. The van der Waals surface area contributed by atoms with E-state index in [9.17, 15) is 4.79 Å². The van der Waals surface area contributed by atoms with E-state index in [0.29, 0.717) is 29.2 Å². The van der Waals surface area contributed by atoms with E-state index in [1.54, 1.807) is 30.3 Å². The van der Waals surface area contributed by atoms with Gasteiger partial charge < -0.3 is 14.5 Å². The summed E-state index contributed by atoms with van der Waals surface area (Å²) in [6.07, 6.45) is 2.37. The lowest BCUT2D eigenvalue weighted by atomic mass is 9.80. The van der Waals surface area contributed by atoms with Gasteiger partial charge in [-0.3, -0.25) is 9.69 Å². The van der Waals surface area contributed by atoms with Crippen molar-refractivity contribution in [2.24, 2.45) is 5.92 Å². The Morgan fingerprint density at radius 1 is 1.24 bits per heavy atom. The van der Waals surface area contributed by atoms with Crippen molar-refractivity contribution < 1.29 is 13.9 Å². The lowest BCUT2D eigenvalue weighted by molar-refractivity contribution is 0.0274. The molecule has 1 aromatic carbocycles. The van der Waals surface area contributed by atoms with E-state index in [4.69, 9.17) is 9.15 Å². The van der Waals surface area contributed by atoms with Gasteiger partial charge in [0.1, 0.15) is 11.5 Å². The highest BCUT2D eigenvalue weighted by atomic mass is 16.6. The van der Waals surface area contributed by atoms with Crippen LogP contribution in [0.15, 0.2) is 40.8 Å². The third kappa shape index (κ3) is 3.42. The third-order valence-electron chi connectivity index (χ3n) is 5.42. The van der Waals surface area contributed by atoms with Crippen LogP contribution in [0, 0.1) is 12.8 Å². The van der Waals surface area contributed by atoms with Crippen LogP contribution in [-0.4, -0.2) is 36.0 Å². The number of furan rings is 1. The van der Waals surface area contributed by atoms with E-state index in [1.807, 2.05) is 13.0 Å². The number of ether oxygens (including phenoxy) is 1. The van der Waals surface area contributed by atoms with Crippen LogP contribution >= 0.6 is 0 Å². The first-order chi connectivity index (χ1) is 12.1. The molecule has 1 N–H and O–H groups in total. The molecule has 3 fully saturated rings. The number of aryl methyl sites for hydroxylation is 1. The standard InChI is InChI=1S/C20H24N2O3/c1-13-11-16-9-10-22(13)12-18(16)21-20(23)15-4-6-17(7-5-15)25-19-8-3-14(2)24-19/h3-8,13,16,18H,9-12H2,1-2H3,(H,21,23). The zero-order valence-electron chi connectivity index (χ0n) is 14.7. The van der Waals surface area contributed by atoms with E-state index < -0.39 is 0 Å². The number of carbonyl (C=O) groups excluding carboxylic acids is 1. The van der Waals surface area contributed by atoms with E-state index >= 15 is 0 Å². The number of hydrogen-bond donors (Lipinski definition) is 1. The Morgan fingerprint density at radius 2 is 2.04 bits per heavy atom. The lowest BCUT2D eigenvalue weighted by Crippen LogP contribution is -2.60. The van der Waals surface area contributed by atoms with Crippen LogP contribution < -0.4 is 10.1 Å². The summed E-state index contributed by atoms with van der Waals surface area (Å²) in [6, 6.07) is 11.7. The number of nitrogens with one attached hydrogen (secondary N) is 1. The van der Waals surface area contributed by atoms with Crippen molar-refractivity contribution in [2.45, 2.75) is 38.8 Å². The fraction of sp³-hybridized carbons (Fsp3) is 0.450. The molecule has 25 heavy (non-hydrogen) atoms. The number of nitrogens with zero attached hydrogens (tertiary/aromatic N) is 1. The van der Waals surface area contributed by atoms with Gasteiger partial charge in [-0.1, -0.05) is 0 Å². The maximum Gasteiger partial charge on any atom is 0.290 e. The Balaban J connectivity index is 1.37. The van der Waals surface area contributed by atoms with Gasteiger partial charge in [0.25, 0.3) is 11.9 Å². The first-order valence-electron chi connectivity index (χ1n) is 8.98.